The number of carbonyl (C=O) groups is 1. The summed E-state index contributed by atoms with van der Waals surface area (Å²) in [4.78, 5) is 10.4. The molecule has 0 aromatic carbocycles. The van der Waals surface area contributed by atoms with Gasteiger partial charge in [0.05, 0.1) is 5.83 Å². The Labute approximate surface area is 132 Å². The van der Waals surface area contributed by atoms with Crippen molar-refractivity contribution >= 4 is 16.2 Å². The number of allylic oxidation sites excluding steroid dienone is 2. The quantitative estimate of drug-likeness (QED) is 0.293. The van der Waals surface area contributed by atoms with Crippen LogP contribution in [0.4, 0.5) is 23.8 Å². The lowest BCUT2D eigenvalue weighted by Crippen LogP contribution is -2.33. The van der Waals surface area contributed by atoms with E-state index in [9.17, 15) is 28.6 Å². The molecule has 0 fully saturated rings. The topological polar surface area (TPSA) is 37.3 Å². The first-order valence-electron chi connectivity index (χ1n) is 7.58. The summed E-state index contributed by atoms with van der Waals surface area (Å²) in [6.07, 6.45) is 5.55. The second-order valence-electron chi connectivity index (χ2n) is 5.62. The number of carboxylic acids is 1. The van der Waals surface area contributed by atoms with E-state index in [1.54, 1.807) is 0 Å². The van der Waals surface area contributed by atoms with E-state index in [0.717, 1.165) is 44.6 Å². The van der Waals surface area contributed by atoms with Gasteiger partial charge in [0.15, 0.2) is 0 Å². The normalized spacial score (nSPS) is 17.4. The number of halogens is 6. The zero-order valence-corrected chi connectivity index (χ0v) is 13.9. The number of rotatable bonds is 12. The fourth-order valence-electron chi connectivity index (χ4n) is 2.06. The van der Waals surface area contributed by atoms with E-state index in [0.29, 0.717) is 6.42 Å². The Balaban J connectivity index is 4.35. The Morgan fingerprint density at radius 3 is 1.91 bits per heavy atom. The molecular formula is C14H24F6O2S. The highest BCUT2D eigenvalue weighted by Gasteiger charge is 2.73. The molecule has 9 heteroatoms. The molecule has 0 bridgehead atoms. The fourth-order valence-corrected chi connectivity index (χ4v) is 2.91. The standard InChI is InChI=1S/C14H24F6O2S/c1-2-3-4-5-6-7-8-9-10-12(15)11-13(14(21)22)23(16,17,18,19)20/h10,13H,2-9,11H2,1H3,(H,21,22)/b12-10-. The summed E-state index contributed by atoms with van der Waals surface area (Å²) < 4.78 is 75.9. The van der Waals surface area contributed by atoms with E-state index >= 15 is 0 Å². The van der Waals surface area contributed by atoms with E-state index in [-0.39, 0.29) is 6.42 Å². The first-order chi connectivity index (χ1) is 10.3. The van der Waals surface area contributed by atoms with Crippen molar-refractivity contribution in [2.24, 2.45) is 0 Å². The van der Waals surface area contributed by atoms with Crippen molar-refractivity contribution in [1.82, 2.24) is 0 Å². The van der Waals surface area contributed by atoms with Gasteiger partial charge < -0.3 is 5.11 Å². The Morgan fingerprint density at radius 1 is 1.00 bits per heavy atom. The average Bonchev–Trinajstić information content (AvgIpc) is 2.36. The van der Waals surface area contributed by atoms with E-state index in [2.05, 4.69) is 6.92 Å². The van der Waals surface area contributed by atoms with Crippen molar-refractivity contribution < 1.29 is 33.7 Å². The predicted octanol–water partition coefficient (Wildman–Crippen LogP) is 7.12. The fraction of sp³-hybridized carbons (Fsp3) is 0.786. The molecule has 0 aromatic heterocycles. The van der Waals surface area contributed by atoms with Gasteiger partial charge in [-0.1, -0.05) is 71.0 Å². The maximum atomic E-state index is 13.3. The third-order valence-corrected chi connectivity index (χ3v) is 4.81. The summed E-state index contributed by atoms with van der Waals surface area (Å²) in [6, 6.07) is 0. The molecule has 0 aliphatic rings. The predicted molar refractivity (Wildman–Crippen MR) is 81.0 cm³/mol. The first-order valence-corrected chi connectivity index (χ1v) is 9.59. The van der Waals surface area contributed by atoms with Crippen LogP contribution in [-0.4, -0.2) is 16.3 Å². The maximum Gasteiger partial charge on any atom is 0.326 e. The monoisotopic (exact) mass is 370 g/mol. The van der Waals surface area contributed by atoms with Crippen LogP contribution >= 0.6 is 10.2 Å². The van der Waals surface area contributed by atoms with Crippen LogP contribution in [0.2, 0.25) is 0 Å². The largest absolute Gasteiger partial charge is 0.480 e. The molecule has 0 aliphatic carbocycles. The van der Waals surface area contributed by atoms with Crippen molar-refractivity contribution in [3.05, 3.63) is 11.9 Å². The van der Waals surface area contributed by atoms with E-state index in [1.165, 1.54) is 0 Å². The Kier molecular flexibility index (Phi) is 7.52. The number of hydrogen-bond acceptors (Lipinski definition) is 1. The zero-order valence-electron chi connectivity index (χ0n) is 13.1. The van der Waals surface area contributed by atoms with Crippen molar-refractivity contribution in [3.63, 3.8) is 0 Å². The van der Waals surface area contributed by atoms with Gasteiger partial charge in [0.25, 0.3) is 10.2 Å². The molecule has 0 amide bonds. The molecule has 0 heterocycles. The van der Waals surface area contributed by atoms with Crippen molar-refractivity contribution in [1.29, 1.82) is 0 Å². The lowest BCUT2D eigenvalue weighted by atomic mass is 10.1. The van der Waals surface area contributed by atoms with Crippen LogP contribution in [0.3, 0.4) is 0 Å². The molecule has 1 atom stereocenters. The molecule has 0 saturated heterocycles. The lowest BCUT2D eigenvalue weighted by Gasteiger charge is -2.44. The van der Waals surface area contributed by atoms with Crippen LogP contribution in [0.5, 0.6) is 0 Å². The molecule has 0 saturated carbocycles. The van der Waals surface area contributed by atoms with E-state index in [4.69, 9.17) is 5.11 Å². The van der Waals surface area contributed by atoms with Crippen LogP contribution in [-0.2, 0) is 4.79 Å². The maximum absolute atomic E-state index is 13.3. The Morgan fingerprint density at radius 2 is 1.48 bits per heavy atom. The summed E-state index contributed by atoms with van der Waals surface area (Å²) in [5, 5.41) is 4.35. The van der Waals surface area contributed by atoms with Crippen LogP contribution in [0, 0.1) is 0 Å². The third kappa shape index (κ3) is 10.5. The van der Waals surface area contributed by atoms with Gasteiger partial charge in [0, 0.05) is 6.42 Å². The molecule has 1 unspecified atom stereocenters. The van der Waals surface area contributed by atoms with Gasteiger partial charge in [-0.2, -0.15) is 0 Å². The number of hydrogen-bond donors (Lipinski definition) is 1. The highest BCUT2D eigenvalue weighted by molar-refractivity contribution is 8.46. The molecule has 0 radical (unpaired) electrons. The van der Waals surface area contributed by atoms with Crippen molar-refractivity contribution in [2.45, 2.75) is 70.0 Å². The number of unbranched alkanes of at least 4 members (excludes halogenated alkanes) is 7. The van der Waals surface area contributed by atoms with E-state index in [1.807, 2.05) is 0 Å². The highest BCUT2D eigenvalue weighted by atomic mass is 32.5. The summed E-state index contributed by atoms with van der Waals surface area (Å²) in [5.74, 6) is -4.22. The van der Waals surface area contributed by atoms with Crippen LogP contribution in [0.25, 0.3) is 0 Å². The third-order valence-electron chi connectivity index (χ3n) is 3.37. The van der Waals surface area contributed by atoms with Crippen molar-refractivity contribution in [2.75, 3.05) is 0 Å². The molecule has 0 aliphatic heterocycles. The van der Waals surface area contributed by atoms with Gasteiger partial charge in [-0.15, -0.1) is 0 Å². The molecule has 140 valence electrons. The highest BCUT2D eigenvalue weighted by Crippen LogP contribution is 3.00. The smallest absolute Gasteiger partial charge is 0.326 e. The Bertz CT molecular complexity index is 418. The molecule has 0 spiro atoms. The minimum Gasteiger partial charge on any atom is -0.480 e. The summed E-state index contributed by atoms with van der Waals surface area (Å²) in [7, 11) is -10.3. The SMILES string of the molecule is CCCCCCCCC/C=C(\F)CC(C(=O)O)S(F)(F)(F)(F)F. The molecule has 1 N–H and O–H groups in total. The van der Waals surface area contributed by atoms with Crippen LogP contribution < -0.4 is 0 Å². The van der Waals surface area contributed by atoms with Crippen molar-refractivity contribution in [3.8, 4) is 0 Å². The first kappa shape index (κ1) is 22.1. The average molecular weight is 370 g/mol. The van der Waals surface area contributed by atoms with Crippen LogP contribution in [0.15, 0.2) is 11.9 Å². The zero-order chi connectivity index (χ0) is 18.2. The number of carboxylic acid groups (broad SMARTS) is 1. The lowest BCUT2D eigenvalue weighted by molar-refractivity contribution is -0.137. The minimum atomic E-state index is -10.3. The van der Waals surface area contributed by atoms with Crippen LogP contribution in [0.1, 0.15) is 64.7 Å². The van der Waals surface area contributed by atoms with Gasteiger partial charge in [-0.05, 0) is 12.8 Å². The summed E-state index contributed by atoms with van der Waals surface area (Å²) >= 11 is 0. The second-order valence-corrected chi connectivity index (χ2v) is 8.25. The van der Waals surface area contributed by atoms with E-state index < -0.39 is 33.7 Å². The molecule has 23 heavy (non-hydrogen) atoms. The van der Waals surface area contributed by atoms with Gasteiger partial charge in [0.2, 0.25) is 5.25 Å². The molecule has 0 rings (SSSR count). The molecular weight excluding hydrogens is 346 g/mol. The van der Waals surface area contributed by atoms with Gasteiger partial charge in [-0.25, -0.2) is 4.39 Å². The number of aliphatic carboxylic acids is 1. The minimum absolute atomic E-state index is 0.103. The summed E-state index contributed by atoms with van der Waals surface area (Å²) in [6.45, 7) is 2.07. The molecule has 0 aromatic rings. The second kappa shape index (κ2) is 7.81. The van der Waals surface area contributed by atoms with Gasteiger partial charge in [0.1, 0.15) is 0 Å². The molecule has 2 nitrogen and oxygen atoms in total. The Hall–Kier alpha value is -0.860. The van der Waals surface area contributed by atoms with Gasteiger partial charge in [-0.3, -0.25) is 4.79 Å². The van der Waals surface area contributed by atoms with Gasteiger partial charge >= 0.3 is 5.97 Å². The summed E-state index contributed by atoms with van der Waals surface area (Å²) in [5.41, 5.74) is 0.